The van der Waals surface area contributed by atoms with E-state index in [2.05, 4.69) is 26.6 Å². The van der Waals surface area contributed by atoms with Gasteiger partial charge < -0.3 is 26.6 Å². The number of nitrogens with zero attached hydrogens (tertiary/aromatic N) is 5. The van der Waals surface area contributed by atoms with Gasteiger partial charge in [-0.2, -0.15) is 65.4 Å². The van der Waals surface area contributed by atoms with Crippen LogP contribution in [0.4, 0.5) is 0 Å². The Morgan fingerprint density at radius 1 is 0.269 bits per heavy atom. The molecule has 0 unspecified atom stereocenters. The van der Waals surface area contributed by atoms with Crippen LogP contribution >= 0.6 is 0 Å². The van der Waals surface area contributed by atoms with Crippen molar-refractivity contribution in [3.05, 3.63) is 26.6 Å². The van der Waals surface area contributed by atoms with E-state index in [-0.39, 0.29) is 19.5 Å². The van der Waals surface area contributed by atoms with Crippen molar-refractivity contribution in [2.45, 2.75) is 69.2 Å². The van der Waals surface area contributed by atoms with E-state index in [4.69, 9.17) is 0 Å². The molecule has 0 heterocycles. The van der Waals surface area contributed by atoms with Crippen LogP contribution in [-0.4, -0.2) is 65.4 Å². The van der Waals surface area contributed by atoms with Gasteiger partial charge in [0.05, 0.1) is 0 Å². The molecule has 0 aliphatic heterocycles. The van der Waals surface area contributed by atoms with E-state index in [0.29, 0.717) is 0 Å². The van der Waals surface area contributed by atoms with E-state index in [1.165, 1.54) is 0 Å². The molecular weight excluding hydrogens is 411 g/mol. The molecule has 0 fully saturated rings. The van der Waals surface area contributed by atoms with Crippen molar-refractivity contribution in [3.8, 4) is 0 Å². The van der Waals surface area contributed by atoms with Gasteiger partial charge in [-0.15, -0.1) is 0 Å². The molecular formula is C20H50N5Ru. The fraction of sp³-hybridized carbons (Fsp3) is 1.00. The van der Waals surface area contributed by atoms with Crippen molar-refractivity contribution in [3.63, 3.8) is 0 Å². The van der Waals surface area contributed by atoms with Crippen LogP contribution in [-0.2, 0) is 19.5 Å². The Morgan fingerprint density at radius 2 is 0.346 bits per heavy atom. The predicted octanol–water partition coefficient (Wildman–Crippen LogP) is 7.00. The molecule has 0 aliphatic rings. The number of hydrogen-bond donors (Lipinski definition) is 0. The first-order chi connectivity index (χ1) is 12.1. The minimum atomic E-state index is 0. The van der Waals surface area contributed by atoms with E-state index in [0.717, 1.165) is 65.4 Å². The van der Waals surface area contributed by atoms with Gasteiger partial charge in [0.25, 0.3) is 0 Å². The molecule has 0 saturated carbocycles. The number of rotatable bonds is 10. The quantitative estimate of drug-likeness (QED) is 0.314. The largest absolute Gasteiger partial charge is 5.00 e. The zero-order valence-corrected chi connectivity index (χ0v) is 21.4. The molecule has 0 aromatic heterocycles. The summed E-state index contributed by atoms with van der Waals surface area (Å²) in [6, 6.07) is 0. The molecule has 26 heavy (non-hydrogen) atoms. The fourth-order valence-corrected chi connectivity index (χ4v) is 1.12. The second kappa shape index (κ2) is 63.8. The van der Waals surface area contributed by atoms with Crippen molar-refractivity contribution in [2.24, 2.45) is 0 Å². The minimum absolute atomic E-state index is 0. The van der Waals surface area contributed by atoms with Crippen LogP contribution in [0.15, 0.2) is 0 Å². The minimum Gasteiger partial charge on any atom is -0.663 e. The Balaban J connectivity index is -0.0000000476. The summed E-state index contributed by atoms with van der Waals surface area (Å²) in [6.07, 6.45) is 0. The standard InChI is InChI=1S/5C4H10N.Ru/c5*1-3-5-4-2;/h5*3-4H2,1-2H3;/q5*-1;+5. The Hall–Kier alpha value is 0.423. The fourth-order valence-electron chi connectivity index (χ4n) is 1.12. The van der Waals surface area contributed by atoms with Gasteiger partial charge in [0.15, 0.2) is 0 Å². The van der Waals surface area contributed by atoms with Gasteiger partial charge >= 0.3 is 19.5 Å². The van der Waals surface area contributed by atoms with Crippen molar-refractivity contribution in [1.82, 2.24) is 0 Å². The third-order valence-corrected chi connectivity index (χ3v) is 2.24. The van der Waals surface area contributed by atoms with Gasteiger partial charge in [-0.25, -0.2) is 0 Å². The number of hydrogen-bond acceptors (Lipinski definition) is 0. The van der Waals surface area contributed by atoms with E-state index in [1.54, 1.807) is 0 Å². The van der Waals surface area contributed by atoms with Crippen LogP contribution in [0.5, 0.6) is 0 Å². The van der Waals surface area contributed by atoms with Gasteiger partial charge in [-0.05, 0) is 0 Å². The molecule has 5 nitrogen and oxygen atoms in total. The molecule has 163 valence electrons. The molecule has 0 saturated heterocycles. The first-order valence-electron chi connectivity index (χ1n) is 10.2. The third-order valence-electron chi connectivity index (χ3n) is 2.24. The van der Waals surface area contributed by atoms with Gasteiger partial charge in [0.2, 0.25) is 0 Å². The molecule has 0 atom stereocenters. The Bertz CT molecular complexity index is 96.5. The van der Waals surface area contributed by atoms with Gasteiger partial charge in [0.1, 0.15) is 0 Å². The van der Waals surface area contributed by atoms with Gasteiger partial charge in [0, 0.05) is 0 Å². The van der Waals surface area contributed by atoms with Crippen LogP contribution in [0.3, 0.4) is 0 Å². The molecule has 0 aliphatic carbocycles. The van der Waals surface area contributed by atoms with Crippen molar-refractivity contribution in [1.29, 1.82) is 0 Å². The average molecular weight is 462 g/mol. The maximum absolute atomic E-state index is 3.97. The molecule has 0 N–H and O–H groups in total. The molecule has 0 amide bonds. The zero-order chi connectivity index (χ0) is 20.6. The van der Waals surface area contributed by atoms with Crippen LogP contribution in [0, 0.1) is 0 Å². The van der Waals surface area contributed by atoms with E-state index < -0.39 is 0 Å². The topological polar surface area (TPSA) is 70.5 Å². The van der Waals surface area contributed by atoms with E-state index >= 15 is 0 Å². The monoisotopic (exact) mass is 462 g/mol. The Kier molecular flexibility index (Phi) is 100. The summed E-state index contributed by atoms with van der Waals surface area (Å²) in [5.41, 5.74) is 0. The molecule has 1 radical (unpaired) electrons. The third kappa shape index (κ3) is 123. The summed E-state index contributed by atoms with van der Waals surface area (Å²) in [4.78, 5) is 0. The molecule has 6 heteroatoms. The SMILES string of the molecule is CC[N-]CC.CC[N-]CC.CC[N-]CC.CC[N-]CC.CC[N-]CC.[Ru+5]. The van der Waals surface area contributed by atoms with Crippen molar-refractivity contribution in [2.75, 3.05) is 65.4 Å². The average Bonchev–Trinajstić information content (AvgIpc) is 2.61. The van der Waals surface area contributed by atoms with Gasteiger partial charge in [-0.3, -0.25) is 0 Å². The predicted molar refractivity (Wildman–Crippen MR) is 122 cm³/mol. The first-order valence-corrected chi connectivity index (χ1v) is 10.2. The summed E-state index contributed by atoms with van der Waals surface area (Å²) in [5, 5.41) is 19.9. The summed E-state index contributed by atoms with van der Waals surface area (Å²) in [6.45, 7) is 30.1. The summed E-state index contributed by atoms with van der Waals surface area (Å²) >= 11 is 0. The molecule has 0 rings (SSSR count). The molecule has 0 bridgehead atoms. The van der Waals surface area contributed by atoms with Crippen LogP contribution in [0.1, 0.15) is 69.2 Å². The Morgan fingerprint density at radius 3 is 0.346 bits per heavy atom. The first kappa shape index (κ1) is 40.9. The summed E-state index contributed by atoms with van der Waals surface area (Å²) in [5.74, 6) is 0. The van der Waals surface area contributed by atoms with E-state index in [1.807, 2.05) is 69.2 Å². The normalized spacial score (nSPS) is 8.08. The van der Waals surface area contributed by atoms with Crippen molar-refractivity contribution >= 4 is 0 Å². The van der Waals surface area contributed by atoms with E-state index in [9.17, 15) is 0 Å². The Labute approximate surface area is 180 Å². The smallest absolute Gasteiger partial charge is 0.663 e. The van der Waals surface area contributed by atoms with Gasteiger partial charge in [-0.1, -0.05) is 69.2 Å². The van der Waals surface area contributed by atoms with Crippen LogP contribution in [0.2, 0.25) is 0 Å². The maximum atomic E-state index is 3.97. The molecule has 0 spiro atoms. The summed E-state index contributed by atoms with van der Waals surface area (Å²) in [7, 11) is 0. The summed E-state index contributed by atoms with van der Waals surface area (Å²) < 4.78 is 0. The second-order valence-electron chi connectivity index (χ2n) is 4.28. The molecule has 0 aromatic rings. The van der Waals surface area contributed by atoms with Crippen LogP contribution < -0.4 is 0 Å². The second-order valence-corrected chi connectivity index (χ2v) is 4.28. The zero-order valence-electron chi connectivity index (χ0n) is 19.7. The maximum Gasteiger partial charge on any atom is 5.00 e. The molecule has 0 aromatic carbocycles. The van der Waals surface area contributed by atoms with Crippen molar-refractivity contribution < 1.29 is 19.5 Å². The van der Waals surface area contributed by atoms with Crippen LogP contribution in [0.25, 0.3) is 26.6 Å².